The molecule has 0 N–H and O–H groups in total. The largest absolute Gasteiger partial charge is 0.205 e. The Kier molecular flexibility index (Phi) is 4.16. The van der Waals surface area contributed by atoms with Crippen molar-refractivity contribution in [3.05, 3.63) is 56.4 Å². The summed E-state index contributed by atoms with van der Waals surface area (Å²) < 4.78 is 14.3. The highest BCUT2D eigenvalue weighted by molar-refractivity contribution is 9.10. The number of hydrogen-bond donors (Lipinski definition) is 0. The topological polar surface area (TPSA) is 0 Å². The van der Waals surface area contributed by atoms with Gasteiger partial charge in [-0.25, -0.2) is 4.39 Å². The highest BCUT2D eigenvalue weighted by Crippen LogP contribution is 2.32. The summed E-state index contributed by atoms with van der Waals surface area (Å²) in [6.45, 7) is 0. The molecule has 4 heteroatoms. The Labute approximate surface area is 115 Å². The van der Waals surface area contributed by atoms with Crippen molar-refractivity contribution in [2.45, 2.75) is 11.2 Å². The van der Waals surface area contributed by atoms with Crippen LogP contribution in [0.25, 0.3) is 0 Å². The van der Waals surface area contributed by atoms with Gasteiger partial charge in [0.2, 0.25) is 0 Å². The third-order valence-corrected chi connectivity index (χ3v) is 4.48. The molecule has 1 aromatic heterocycles. The first-order valence-corrected chi connectivity index (χ1v) is 7.42. The molecule has 2 rings (SSSR count). The average Bonchev–Trinajstić information content (AvgIpc) is 2.74. The van der Waals surface area contributed by atoms with Crippen LogP contribution in [0.15, 0.2) is 39.5 Å². The molecule has 0 radical (unpaired) electrons. The summed E-state index contributed by atoms with van der Waals surface area (Å²) in [7, 11) is 0. The first-order valence-electron chi connectivity index (χ1n) is 4.77. The molecule has 0 amide bonds. The summed E-state index contributed by atoms with van der Waals surface area (Å²) in [5.41, 5.74) is 1.92. The highest BCUT2D eigenvalue weighted by Gasteiger charge is 2.15. The van der Waals surface area contributed by atoms with Crippen LogP contribution in [0.2, 0.25) is 0 Å². The van der Waals surface area contributed by atoms with E-state index >= 15 is 0 Å². The molecule has 0 aliphatic carbocycles. The number of rotatable bonds is 3. The summed E-state index contributed by atoms with van der Waals surface area (Å²) in [5, 5.41) is 4.12. The van der Waals surface area contributed by atoms with Crippen molar-refractivity contribution >= 4 is 43.2 Å². The molecule has 2 aromatic rings. The molecule has 0 aliphatic heterocycles. The highest BCUT2D eigenvalue weighted by atomic mass is 79.9. The maximum atomic E-state index is 13.8. The minimum Gasteiger partial charge on any atom is -0.205 e. The van der Waals surface area contributed by atoms with E-state index in [1.165, 1.54) is 5.56 Å². The van der Waals surface area contributed by atoms with Crippen LogP contribution in [0, 0.1) is 5.82 Å². The van der Waals surface area contributed by atoms with Crippen LogP contribution in [-0.4, -0.2) is 0 Å². The molecule has 0 saturated carbocycles. The van der Waals surface area contributed by atoms with Crippen LogP contribution in [0.4, 0.5) is 4.39 Å². The van der Waals surface area contributed by atoms with E-state index < -0.39 is 0 Å². The van der Waals surface area contributed by atoms with E-state index in [0.29, 0.717) is 10.0 Å². The van der Waals surface area contributed by atoms with E-state index in [1.54, 1.807) is 17.4 Å². The molecule has 0 spiro atoms. The van der Waals surface area contributed by atoms with Crippen LogP contribution in [0.5, 0.6) is 0 Å². The summed E-state index contributed by atoms with van der Waals surface area (Å²) in [6.07, 6.45) is 0.802. The lowest BCUT2D eigenvalue weighted by atomic mass is 10.1. The Balaban J connectivity index is 2.21. The SMILES string of the molecule is Fc1c(Br)cccc1C(Br)Cc1ccsc1. The molecule has 1 aromatic carbocycles. The first kappa shape index (κ1) is 12.3. The maximum Gasteiger partial charge on any atom is 0.141 e. The number of thiophene rings is 1. The smallest absolute Gasteiger partial charge is 0.141 e. The lowest BCUT2D eigenvalue weighted by molar-refractivity contribution is 0.601. The van der Waals surface area contributed by atoms with E-state index in [1.807, 2.05) is 17.5 Å². The van der Waals surface area contributed by atoms with Gasteiger partial charge < -0.3 is 0 Å². The van der Waals surface area contributed by atoms with E-state index in [0.717, 1.165) is 6.42 Å². The van der Waals surface area contributed by atoms with Gasteiger partial charge in [0.15, 0.2) is 0 Å². The quantitative estimate of drug-likeness (QED) is 0.646. The third-order valence-electron chi connectivity index (χ3n) is 2.31. The lowest BCUT2D eigenvalue weighted by Gasteiger charge is -2.11. The minimum absolute atomic E-state index is 0.0135. The first-order chi connectivity index (χ1) is 7.68. The van der Waals surface area contributed by atoms with Crippen molar-refractivity contribution in [1.82, 2.24) is 0 Å². The van der Waals surface area contributed by atoms with Crippen molar-refractivity contribution in [2.75, 3.05) is 0 Å². The van der Waals surface area contributed by atoms with E-state index in [-0.39, 0.29) is 10.6 Å². The van der Waals surface area contributed by atoms with Crippen LogP contribution >= 0.6 is 43.2 Å². The Bertz CT molecular complexity index is 468. The zero-order valence-corrected chi connectivity index (χ0v) is 12.3. The lowest BCUT2D eigenvalue weighted by Crippen LogP contribution is -1.98. The van der Waals surface area contributed by atoms with Crippen molar-refractivity contribution in [3.8, 4) is 0 Å². The molecular weight excluding hydrogens is 355 g/mol. The van der Waals surface area contributed by atoms with Gasteiger partial charge >= 0.3 is 0 Å². The summed E-state index contributed by atoms with van der Waals surface area (Å²) >= 11 is 8.39. The van der Waals surface area contributed by atoms with Crippen LogP contribution in [0.1, 0.15) is 16.0 Å². The third kappa shape index (κ3) is 2.73. The second-order valence-electron chi connectivity index (χ2n) is 3.45. The van der Waals surface area contributed by atoms with E-state index in [2.05, 4.69) is 43.3 Å². The molecule has 84 valence electrons. The van der Waals surface area contributed by atoms with Gasteiger partial charge in [0.25, 0.3) is 0 Å². The zero-order chi connectivity index (χ0) is 11.5. The number of halogens is 3. The summed E-state index contributed by atoms with van der Waals surface area (Å²) in [4.78, 5) is 0.0135. The number of benzene rings is 1. The van der Waals surface area contributed by atoms with E-state index in [4.69, 9.17) is 0 Å². The van der Waals surface area contributed by atoms with Crippen molar-refractivity contribution in [1.29, 1.82) is 0 Å². The predicted octanol–water partition coefficient (Wildman–Crippen LogP) is 5.33. The fraction of sp³-hybridized carbons (Fsp3) is 0.167. The molecule has 0 bridgehead atoms. The number of hydrogen-bond acceptors (Lipinski definition) is 1. The Morgan fingerprint density at radius 1 is 1.31 bits per heavy atom. The Morgan fingerprint density at radius 3 is 2.81 bits per heavy atom. The van der Waals surface area contributed by atoms with Gasteiger partial charge in [-0.2, -0.15) is 11.3 Å². The van der Waals surface area contributed by atoms with Gasteiger partial charge in [-0.15, -0.1) is 0 Å². The predicted molar refractivity (Wildman–Crippen MR) is 73.8 cm³/mol. The van der Waals surface area contributed by atoms with Crippen LogP contribution in [0.3, 0.4) is 0 Å². The normalized spacial score (nSPS) is 12.7. The molecule has 1 atom stereocenters. The molecule has 1 heterocycles. The summed E-state index contributed by atoms with van der Waals surface area (Å²) in [6, 6.07) is 7.44. The van der Waals surface area contributed by atoms with Gasteiger partial charge in [-0.3, -0.25) is 0 Å². The van der Waals surface area contributed by atoms with Gasteiger partial charge in [0.05, 0.1) is 4.47 Å². The van der Waals surface area contributed by atoms with Gasteiger partial charge in [-0.05, 0) is 50.8 Å². The zero-order valence-electron chi connectivity index (χ0n) is 8.29. The molecular formula is C12H9Br2FS. The van der Waals surface area contributed by atoms with Crippen LogP contribution < -0.4 is 0 Å². The fourth-order valence-corrected chi connectivity index (χ4v) is 3.28. The Hall–Kier alpha value is -0.190. The standard InChI is InChI=1S/C12H9Br2FS/c13-10-3-1-2-9(12(10)15)11(14)6-8-4-5-16-7-8/h1-5,7,11H,6H2. The molecule has 1 unspecified atom stereocenters. The van der Waals surface area contributed by atoms with E-state index in [9.17, 15) is 4.39 Å². The van der Waals surface area contributed by atoms with Crippen molar-refractivity contribution in [3.63, 3.8) is 0 Å². The molecule has 0 aliphatic rings. The Morgan fingerprint density at radius 2 is 2.12 bits per heavy atom. The number of alkyl halides is 1. The summed E-state index contributed by atoms with van der Waals surface area (Å²) in [5.74, 6) is -0.181. The van der Waals surface area contributed by atoms with Crippen molar-refractivity contribution < 1.29 is 4.39 Å². The average molecular weight is 364 g/mol. The van der Waals surface area contributed by atoms with Crippen molar-refractivity contribution in [2.24, 2.45) is 0 Å². The minimum atomic E-state index is -0.181. The molecule has 0 nitrogen and oxygen atoms in total. The van der Waals surface area contributed by atoms with Gasteiger partial charge in [0, 0.05) is 10.4 Å². The molecule has 0 fully saturated rings. The molecule has 0 saturated heterocycles. The maximum absolute atomic E-state index is 13.8. The monoisotopic (exact) mass is 362 g/mol. The fourth-order valence-electron chi connectivity index (χ4n) is 1.49. The molecule has 16 heavy (non-hydrogen) atoms. The van der Waals surface area contributed by atoms with Gasteiger partial charge in [-0.1, -0.05) is 28.1 Å². The van der Waals surface area contributed by atoms with Crippen LogP contribution in [-0.2, 0) is 6.42 Å². The second-order valence-corrected chi connectivity index (χ2v) is 6.19. The second kappa shape index (κ2) is 5.43. The van der Waals surface area contributed by atoms with Gasteiger partial charge in [0.1, 0.15) is 5.82 Å².